The summed E-state index contributed by atoms with van der Waals surface area (Å²) in [5, 5.41) is 17.7. The second kappa shape index (κ2) is 7.87. The van der Waals surface area contributed by atoms with Crippen molar-refractivity contribution in [2.45, 2.75) is 26.8 Å². The third-order valence-corrected chi connectivity index (χ3v) is 5.05. The quantitative estimate of drug-likeness (QED) is 0.424. The van der Waals surface area contributed by atoms with Crippen molar-refractivity contribution in [3.63, 3.8) is 0 Å². The number of H-pyrrole nitrogens is 1. The first-order valence-electron chi connectivity index (χ1n) is 9.72. The van der Waals surface area contributed by atoms with E-state index in [9.17, 15) is 14.7 Å². The summed E-state index contributed by atoms with van der Waals surface area (Å²) in [4.78, 5) is 26.6. The molecule has 7 nitrogen and oxygen atoms in total. The Morgan fingerprint density at radius 3 is 2.60 bits per heavy atom. The van der Waals surface area contributed by atoms with Crippen molar-refractivity contribution in [1.29, 1.82) is 0 Å². The maximum absolute atomic E-state index is 12.5. The number of anilines is 1. The molecule has 2 aromatic heterocycles. The van der Waals surface area contributed by atoms with Gasteiger partial charge in [-0.2, -0.15) is 5.10 Å². The van der Waals surface area contributed by atoms with Gasteiger partial charge in [-0.15, -0.1) is 0 Å². The van der Waals surface area contributed by atoms with Gasteiger partial charge in [-0.3, -0.25) is 14.3 Å². The maximum Gasteiger partial charge on any atom is 0.273 e. The van der Waals surface area contributed by atoms with Gasteiger partial charge >= 0.3 is 0 Å². The van der Waals surface area contributed by atoms with Crippen molar-refractivity contribution in [3.05, 3.63) is 76.6 Å². The van der Waals surface area contributed by atoms with Crippen molar-refractivity contribution in [3.8, 4) is 5.88 Å². The van der Waals surface area contributed by atoms with Gasteiger partial charge < -0.3 is 15.4 Å². The molecule has 30 heavy (non-hydrogen) atoms. The fourth-order valence-corrected chi connectivity index (χ4v) is 3.58. The van der Waals surface area contributed by atoms with Gasteiger partial charge in [-0.25, -0.2) is 0 Å². The minimum atomic E-state index is -0.190. The van der Waals surface area contributed by atoms with Gasteiger partial charge in [0.2, 0.25) is 0 Å². The molecule has 0 radical (unpaired) electrons. The van der Waals surface area contributed by atoms with Crippen LogP contribution in [0.25, 0.3) is 10.9 Å². The number of hydrogen-bond donors (Lipinski definition) is 3. The van der Waals surface area contributed by atoms with E-state index in [0.29, 0.717) is 36.0 Å². The molecule has 0 aliphatic carbocycles. The topological polar surface area (TPSA) is 100 Å². The number of hydrogen-bond acceptors (Lipinski definition) is 4. The lowest BCUT2D eigenvalue weighted by atomic mass is 10.0. The Morgan fingerprint density at radius 2 is 1.90 bits per heavy atom. The smallest absolute Gasteiger partial charge is 0.273 e. The van der Waals surface area contributed by atoms with Gasteiger partial charge in [0.05, 0.1) is 11.3 Å². The molecule has 152 valence electrons. The zero-order valence-corrected chi connectivity index (χ0v) is 16.8. The zero-order chi connectivity index (χ0) is 21.3. The summed E-state index contributed by atoms with van der Waals surface area (Å²) in [6, 6.07) is 15.1. The molecule has 3 N–H and O–H groups in total. The maximum atomic E-state index is 12.5. The number of nitrogens with zero attached hydrogens (tertiary/aromatic N) is 2. The van der Waals surface area contributed by atoms with E-state index in [1.807, 2.05) is 56.3 Å². The van der Waals surface area contributed by atoms with Gasteiger partial charge in [-0.1, -0.05) is 18.2 Å². The molecule has 4 aromatic rings. The number of nitrogens with one attached hydrogen (secondary N) is 2. The first-order chi connectivity index (χ1) is 14.5. The van der Waals surface area contributed by atoms with Crippen molar-refractivity contribution in [2.75, 3.05) is 5.32 Å². The van der Waals surface area contributed by atoms with E-state index in [1.165, 1.54) is 0 Å². The highest BCUT2D eigenvalue weighted by Gasteiger charge is 2.14. The Kier molecular flexibility index (Phi) is 5.10. The number of carbonyl (C=O) groups is 2. The minimum absolute atomic E-state index is 0.114. The summed E-state index contributed by atoms with van der Waals surface area (Å²) < 4.78 is 1.68. The molecule has 0 unspecified atom stereocenters. The van der Waals surface area contributed by atoms with E-state index in [1.54, 1.807) is 10.7 Å². The number of aryl methyl sites for hydroxylation is 2. The number of aldehydes is 1. The van der Waals surface area contributed by atoms with Crippen molar-refractivity contribution in [1.82, 2.24) is 14.8 Å². The Balaban J connectivity index is 1.49. The first-order valence-corrected chi connectivity index (χ1v) is 9.72. The predicted octanol–water partition coefficient (Wildman–Crippen LogP) is 4.05. The van der Waals surface area contributed by atoms with Gasteiger partial charge in [-0.05, 0) is 61.7 Å². The second-order valence-corrected chi connectivity index (χ2v) is 7.20. The van der Waals surface area contributed by atoms with E-state index < -0.39 is 0 Å². The number of fused-ring (bicyclic) bond motifs is 1. The highest BCUT2D eigenvalue weighted by Crippen LogP contribution is 2.27. The number of aromatic amines is 1. The van der Waals surface area contributed by atoms with Crippen LogP contribution < -0.4 is 5.32 Å². The summed E-state index contributed by atoms with van der Waals surface area (Å²) in [6.07, 6.45) is 1.32. The monoisotopic (exact) mass is 402 g/mol. The van der Waals surface area contributed by atoms with Crippen LogP contribution in [0.3, 0.4) is 0 Å². The first kappa shape index (κ1) is 19.4. The van der Waals surface area contributed by atoms with Crippen LogP contribution in [0, 0.1) is 6.92 Å². The molecule has 0 saturated heterocycles. The third-order valence-electron chi connectivity index (χ3n) is 5.05. The number of rotatable bonds is 6. The average Bonchev–Trinajstić information content (AvgIpc) is 3.27. The van der Waals surface area contributed by atoms with E-state index in [2.05, 4.69) is 15.4 Å². The SMILES string of the molecule is CCn1nc(C)cc1C(=O)Nc1ccc(Cc2ccc3[nH]c(O)c(C=O)c3c2)cc1. The molecule has 0 aliphatic heterocycles. The second-order valence-electron chi connectivity index (χ2n) is 7.20. The largest absolute Gasteiger partial charge is 0.494 e. The van der Waals surface area contributed by atoms with Crippen molar-refractivity contribution >= 4 is 28.8 Å². The molecule has 0 aliphatic rings. The highest BCUT2D eigenvalue weighted by atomic mass is 16.3. The summed E-state index contributed by atoms with van der Waals surface area (Å²) in [7, 11) is 0. The fourth-order valence-electron chi connectivity index (χ4n) is 3.58. The molecule has 1 amide bonds. The van der Waals surface area contributed by atoms with Crippen LogP contribution in [-0.4, -0.2) is 32.1 Å². The Morgan fingerprint density at radius 1 is 1.17 bits per heavy atom. The molecule has 2 heterocycles. The lowest BCUT2D eigenvalue weighted by molar-refractivity contribution is 0.101. The van der Waals surface area contributed by atoms with E-state index in [-0.39, 0.29) is 17.4 Å². The molecule has 0 atom stereocenters. The van der Waals surface area contributed by atoms with Crippen LogP contribution in [0.4, 0.5) is 5.69 Å². The molecule has 7 heteroatoms. The van der Waals surface area contributed by atoms with Crippen LogP contribution in [0.1, 0.15) is 44.6 Å². The molecule has 0 fully saturated rings. The van der Waals surface area contributed by atoms with Crippen LogP contribution >= 0.6 is 0 Å². The number of aromatic nitrogens is 3. The van der Waals surface area contributed by atoms with Crippen LogP contribution in [0.2, 0.25) is 0 Å². The summed E-state index contributed by atoms with van der Waals surface area (Å²) in [5.74, 6) is -0.304. The number of aromatic hydroxyl groups is 1. The van der Waals surface area contributed by atoms with E-state index >= 15 is 0 Å². The van der Waals surface area contributed by atoms with Gasteiger partial charge in [0.25, 0.3) is 5.91 Å². The fraction of sp³-hybridized carbons (Fsp3) is 0.174. The van der Waals surface area contributed by atoms with Crippen molar-refractivity contribution < 1.29 is 14.7 Å². The molecular formula is C23H22N4O3. The van der Waals surface area contributed by atoms with Crippen LogP contribution in [-0.2, 0) is 13.0 Å². The predicted molar refractivity (Wildman–Crippen MR) is 115 cm³/mol. The average molecular weight is 402 g/mol. The van der Waals surface area contributed by atoms with E-state index in [4.69, 9.17) is 0 Å². The highest BCUT2D eigenvalue weighted by molar-refractivity contribution is 6.03. The molecule has 0 bridgehead atoms. The summed E-state index contributed by atoms with van der Waals surface area (Å²) in [5.41, 5.74) is 5.12. The standard InChI is InChI=1S/C23H22N4O3/c1-3-27-21(10-14(2)26-27)23(30)24-17-7-4-15(5-8-17)11-16-6-9-20-18(12-16)19(13-28)22(29)25-20/h4-10,12-13,25,29H,3,11H2,1-2H3,(H,24,30). The third kappa shape index (κ3) is 3.69. The molecular weight excluding hydrogens is 380 g/mol. The number of amides is 1. The summed E-state index contributed by atoms with van der Waals surface area (Å²) >= 11 is 0. The van der Waals surface area contributed by atoms with Crippen molar-refractivity contribution in [2.24, 2.45) is 0 Å². The Bertz CT molecular complexity index is 1240. The molecule has 4 rings (SSSR count). The van der Waals surface area contributed by atoms with E-state index in [0.717, 1.165) is 22.3 Å². The van der Waals surface area contributed by atoms with Gasteiger partial charge in [0, 0.05) is 23.1 Å². The minimum Gasteiger partial charge on any atom is -0.494 e. The lowest BCUT2D eigenvalue weighted by Crippen LogP contribution is -2.17. The Labute approximate surface area is 173 Å². The molecule has 0 saturated carbocycles. The van der Waals surface area contributed by atoms with Crippen LogP contribution in [0.5, 0.6) is 5.88 Å². The Hall–Kier alpha value is -3.87. The number of carbonyl (C=O) groups excluding carboxylic acids is 2. The summed E-state index contributed by atoms with van der Waals surface area (Å²) in [6.45, 7) is 4.44. The lowest BCUT2D eigenvalue weighted by Gasteiger charge is -2.08. The zero-order valence-electron chi connectivity index (χ0n) is 16.8. The van der Waals surface area contributed by atoms with Gasteiger partial charge in [0.15, 0.2) is 12.2 Å². The van der Waals surface area contributed by atoms with Gasteiger partial charge in [0.1, 0.15) is 5.69 Å². The normalized spacial score (nSPS) is 11.0. The van der Waals surface area contributed by atoms with Crippen LogP contribution in [0.15, 0.2) is 48.5 Å². The molecule has 2 aromatic carbocycles. The number of benzene rings is 2. The molecule has 0 spiro atoms.